The lowest BCUT2D eigenvalue weighted by atomic mass is 9.65. The highest BCUT2D eigenvalue weighted by Gasteiger charge is 2.53. The van der Waals surface area contributed by atoms with E-state index in [1.54, 1.807) is 0 Å². The van der Waals surface area contributed by atoms with Crippen molar-refractivity contribution in [1.29, 1.82) is 0 Å². The first kappa shape index (κ1) is 22.8. The maximum atomic E-state index is 12.5. The molecule has 2 saturated heterocycles. The number of rotatable bonds is 4. The highest BCUT2D eigenvalue weighted by Crippen LogP contribution is 2.46. The van der Waals surface area contributed by atoms with E-state index in [2.05, 4.69) is 37.9 Å². The second-order valence-corrected chi connectivity index (χ2v) is 8.23. The van der Waals surface area contributed by atoms with Crippen LogP contribution in [0.1, 0.15) is 41.0 Å². The molecule has 0 saturated carbocycles. The Balaban J connectivity index is 0.00000312. The van der Waals surface area contributed by atoms with Gasteiger partial charge < -0.3 is 10.2 Å². The fraction of sp³-hybridized carbons (Fsp3) is 0.941. The van der Waals surface area contributed by atoms with Gasteiger partial charge in [-0.3, -0.25) is 9.89 Å². The minimum Gasteiger partial charge on any atom is -0.356 e. The Bertz CT molecular complexity index is 477. The Kier molecular flexibility index (Phi) is 7.46. The molecule has 1 unspecified atom stereocenters. The van der Waals surface area contributed by atoms with E-state index >= 15 is 0 Å². The van der Waals surface area contributed by atoms with Crippen LogP contribution in [0.4, 0.5) is 13.2 Å². The van der Waals surface area contributed by atoms with Crippen LogP contribution in [0.15, 0.2) is 4.99 Å². The molecule has 4 nitrogen and oxygen atoms in total. The van der Waals surface area contributed by atoms with Crippen LogP contribution >= 0.6 is 24.0 Å². The number of hydrogen-bond acceptors (Lipinski definition) is 2. The predicted molar refractivity (Wildman–Crippen MR) is 107 cm³/mol. The van der Waals surface area contributed by atoms with Crippen molar-refractivity contribution in [2.24, 2.45) is 16.3 Å². The summed E-state index contributed by atoms with van der Waals surface area (Å²) in [5, 5.41) is 3.33. The lowest BCUT2D eigenvalue weighted by molar-refractivity contribution is -0.143. The minimum absolute atomic E-state index is 0. The molecule has 0 aliphatic carbocycles. The second kappa shape index (κ2) is 8.19. The topological polar surface area (TPSA) is 30.9 Å². The summed E-state index contributed by atoms with van der Waals surface area (Å²) >= 11 is 0. The van der Waals surface area contributed by atoms with Crippen LogP contribution in [-0.4, -0.2) is 66.7 Å². The van der Waals surface area contributed by atoms with Crippen LogP contribution in [-0.2, 0) is 0 Å². The molecule has 2 fully saturated rings. The van der Waals surface area contributed by atoms with Crippen molar-refractivity contribution < 1.29 is 13.2 Å². The van der Waals surface area contributed by atoms with Gasteiger partial charge in [-0.2, -0.15) is 13.2 Å². The van der Waals surface area contributed by atoms with E-state index < -0.39 is 12.7 Å². The summed E-state index contributed by atoms with van der Waals surface area (Å²) in [6.07, 6.45) is -3.33. The first-order valence-electron chi connectivity index (χ1n) is 8.81. The van der Waals surface area contributed by atoms with Crippen molar-refractivity contribution in [2.45, 2.75) is 52.8 Å². The summed E-state index contributed by atoms with van der Waals surface area (Å²) in [4.78, 5) is 8.50. The third kappa shape index (κ3) is 5.37. The summed E-state index contributed by atoms with van der Waals surface area (Å²) in [5.74, 6) is 1.09. The largest absolute Gasteiger partial charge is 0.401 e. The first-order chi connectivity index (χ1) is 11.0. The zero-order chi connectivity index (χ0) is 18.2. The molecule has 0 spiro atoms. The lowest BCUT2D eigenvalue weighted by Gasteiger charge is -2.62. The molecule has 1 atom stereocenters. The molecular weight excluding hydrogens is 444 g/mol. The second-order valence-electron chi connectivity index (χ2n) is 8.23. The van der Waals surface area contributed by atoms with Crippen molar-refractivity contribution in [1.82, 2.24) is 15.1 Å². The molecule has 2 heterocycles. The number of hydrogen-bond donors (Lipinski definition) is 1. The molecule has 0 bridgehead atoms. The van der Waals surface area contributed by atoms with E-state index in [1.807, 2.05) is 6.92 Å². The lowest BCUT2D eigenvalue weighted by Crippen LogP contribution is -2.72. The van der Waals surface area contributed by atoms with Gasteiger partial charge in [-0.05, 0) is 39.7 Å². The van der Waals surface area contributed by atoms with Crippen LogP contribution in [0, 0.1) is 11.3 Å². The molecule has 25 heavy (non-hydrogen) atoms. The number of aliphatic imine (C=N–C) groups is 1. The van der Waals surface area contributed by atoms with Gasteiger partial charge in [-0.25, -0.2) is 0 Å². The van der Waals surface area contributed by atoms with Gasteiger partial charge in [0.1, 0.15) is 0 Å². The van der Waals surface area contributed by atoms with E-state index in [1.165, 1.54) is 4.90 Å². The van der Waals surface area contributed by atoms with Crippen LogP contribution in [0.2, 0.25) is 0 Å². The molecule has 2 aliphatic heterocycles. The maximum absolute atomic E-state index is 12.5. The monoisotopic (exact) mass is 476 g/mol. The SMILES string of the molecule is CCNC(=NCC1CCN(CC(F)(F)F)C1)N1CC(C)(C)C1(C)C.I. The number of nitrogens with zero attached hydrogens (tertiary/aromatic N) is 3. The molecule has 0 radical (unpaired) electrons. The van der Waals surface area contributed by atoms with E-state index in [4.69, 9.17) is 4.99 Å². The molecule has 148 valence electrons. The summed E-state index contributed by atoms with van der Waals surface area (Å²) in [7, 11) is 0. The Labute approximate surface area is 166 Å². The van der Waals surface area contributed by atoms with Crippen molar-refractivity contribution in [3.05, 3.63) is 0 Å². The average molecular weight is 476 g/mol. The van der Waals surface area contributed by atoms with Gasteiger partial charge in [0.15, 0.2) is 5.96 Å². The van der Waals surface area contributed by atoms with Crippen LogP contribution in [0.5, 0.6) is 0 Å². The maximum Gasteiger partial charge on any atom is 0.401 e. The summed E-state index contributed by atoms with van der Waals surface area (Å²) < 4.78 is 37.4. The van der Waals surface area contributed by atoms with Crippen molar-refractivity contribution >= 4 is 29.9 Å². The van der Waals surface area contributed by atoms with Gasteiger partial charge in [-0.1, -0.05) is 13.8 Å². The highest BCUT2D eigenvalue weighted by atomic mass is 127. The fourth-order valence-corrected chi connectivity index (χ4v) is 3.47. The smallest absolute Gasteiger partial charge is 0.356 e. The molecular formula is C17H32F3IN4. The Hall–Kier alpha value is -0.250. The summed E-state index contributed by atoms with van der Waals surface area (Å²) in [6.45, 7) is 13.5. The van der Waals surface area contributed by atoms with Gasteiger partial charge >= 0.3 is 6.18 Å². The summed E-state index contributed by atoms with van der Waals surface area (Å²) in [6, 6.07) is 0. The quantitative estimate of drug-likeness (QED) is 0.383. The van der Waals surface area contributed by atoms with E-state index in [0.29, 0.717) is 19.6 Å². The molecule has 8 heteroatoms. The van der Waals surface area contributed by atoms with E-state index in [-0.39, 0.29) is 40.8 Å². The molecule has 1 N–H and O–H groups in total. The van der Waals surface area contributed by atoms with Gasteiger partial charge in [0.2, 0.25) is 0 Å². The number of guanidine groups is 1. The summed E-state index contributed by atoms with van der Waals surface area (Å²) in [5.41, 5.74) is 0.242. The van der Waals surface area contributed by atoms with Gasteiger partial charge in [-0.15, -0.1) is 24.0 Å². The number of alkyl halides is 3. The van der Waals surface area contributed by atoms with E-state index in [9.17, 15) is 13.2 Å². The molecule has 2 rings (SSSR count). The average Bonchev–Trinajstić information content (AvgIpc) is 2.86. The van der Waals surface area contributed by atoms with Gasteiger partial charge in [0.05, 0.1) is 6.54 Å². The third-order valence-electron chi connectivity index (χ3n) is 5.75. The molecule has 0 aromatic rings. The fourth-order valence-electron chi connectivity index (χ4n) is 3.47. The van der Waals surface area contributed by atoms with Crippen molar-refractivity contribution in [3.63, 3.8) is 0 Å². The Morgan fingerprint density at radius 2 is 1.88 bits per heavy atom. The molecule has 0 aromatic carbocycles. The van der Waals surface area contributed by atoms with Crippen molar-refractivity contribution in [3.8, 4) is 0 Å². The van der Waals surface area contributed by atoms with Crippen LogP contribution < -0.4 is 5.32 Å². The first-order valence-corrected chi connectivity index (χ1v) is 8.81. The zero-order valence-electron chi connectivity index (χ0n) is 15.9. The molecule has 0 aromatic heterocycles. The number of nitrogens with one attached hydrogen (secondary N) is 1. The number of halogens is 4. The normalized spacial score (nSPS) is 26.2. The molecule has 2 aliphatic rings. The highest BCUT2D eigenvalue weighted by molar-refractivity contribution is 14.0. The predicted octanol–water partition coefficient (Wildman–Crippen LogP) is 3.57. The zero-order valence-corrected chi connectivity index (χ0v) is 18.2. The Morgan fingerprint density at radius 1 is 1.24 bits per heavy atom. The Morgan fingerprint density at radius 3 is 2.36 bits per heavy atom. The van der Waals surface area contributed by atoms with Crippen LogP contribution in [0.25, 0.3) is 0 Å². The van der Waals surface area contributed by atoms with E-state index in [0.717, 1.165) is 25.5 Å². The standard InChI is InChI=1S/C17H31F3N4.HI/c1-6-21-14(24-11-15(2,3)16(24,4)5)22-9-13-7-8-23(10-13)12-17(18,19)20;/h13H,6-12H2,1-5H3,(H,21,22);1H. The van der Waals surface area contributed by atoms with Gasteiger partial charge in [0, 0.05) is 37.1 Å². The van der Waals surface area contributed by atoms with Crippen molar-refractivity contribution in [2.75, 3.05) is 39.3 Å². The number of likely N-dealkylation sites (tertiary alicyclic amines) is 2. The van der Waals surface area contributed by atoms with Crippen LogP contribution in [0.3, 0.4) is 0 Å². The molecule has 0 amide bonds. The van der Waals surface area contributed by atoms with Gasteiger partial charge in [0.25, 0.3) is 0 Å². The third-order valence-corrected chi connectivity index (χ3v) is 5.75. The minimum atomic E-state index is -4.11.